The fourth-order valence-corrected chi connectivity index (χ4v) is 5.70. The number of fused-ring (bicyclic) bond motifs is 2. The second kappa shape index (κ2) is 7.63. The average molecular weight is 386 g/mol. The van der Waals surface area contributed by atoms with Crippen LogP contribution in [-0.2, 0) is 16.1 Å². The van der Waals surface area contributed by atoms with E-state index in [1.165, 1.54) is 24.1 Å². The van der Waals surface area contributed by atoms with Crippen LogP contribution in [0.2, 0.25) is 0 Å². The van der Waals surface area contributed by atoms with Gasteiger partial charge in [-0.3, -0.25) is 9.59 Å². The minimum Gasteiger partial charge on any atom is -0.457 e. The fraction of sp³-hybridized carbons (Fsp3) is 0.545. The largest absolute Gasteiger partial charge is 0.457 e. The maximum absolute atomic E-state index is 12.6. The van der Waals surface area contributed by atoms with Crippen molar-refractivity contribution in [2.45, 2.75) is 52.5 Å². The highest BCUT2D eigenvalue weighted by molar-refractivity contribution is 7.09. The number of carbonyl (C=O) groups excluding carboxylic acids is 2. The molecule has 0 unspecified atom stereocenters. The second-order valence-corrected chi connectivity index (χ2v) is 9.21. The summed E-state index contributed by atoms with van der Waals surface area (Å²) in [4.78, 5) is 26.1. The Balaban J connectivity index is 1.33. The summed E-state index contributed by atoms with van der Waals surface area (Å²) in [6, 6.07) is 6.05. The molecule has 0 saturated heterocycles. The predicted molar refractivity (Wildman–Crippen MR) is 106 cm³/mol. The van der Waals surface area contributed by atoms with Gasteiger partial charge in [0.25, 0.3) is 0 Å². The van der Waals surface area contributed by atoms with Gasteiger partial charge < -0.3 is 9.30 Å². The van der Waals surface area contributed by atoms with Gasteiger partial charge in [0.15, 0.2) is 6.61 Å². The number of rotatable bonds is 7. The highest BCUT2D eigenvalue weighted by atomic mass is 32.1. The molecule has 5 heteroatoms. The normalized spacial score (nSPS) is 23.7. The third-order valence-electron chi connectivity index (χ3n) is 6.45. The molecule has 3 atom stereocenters. The molecule has 2 aromatic heterocycles. The van der Waals surface area contributed by atoms with Gasteiger partial charge in [0, 0.05) is 28.2 Å². The van der Waals surface area contributed by atoms with E-state index in [1.807, 2.05) is 26.0 Å². The molecule has 144 valence electrons. The van der Waals surface area contributed by atoms with Crippen molar-refractivity contribution in [1.82, 2.24) is 4.57 Å². The maximum Gasteiger partial charge on any atom is 0.306 e. The van der Waals surface area contributed by atoms with Crippen LogP contribution >= 0.6 is 11.3 Å². The van der Waals surface area contributed by atoms with E-state index in [4.69, 9.17) is 4.74 Å². The van der Waals surface area contributed by atoms with E-state index < -0.39 is 0 Å². The third kappa shape index (κ3) is 3.88. The van der Waals surface area contributed by atoms with E-state index >= 15 is 0 Å². The zero-order valence-corrected chi connectivity index (χ0v) is 16.9. The van der Waals surface area contributed by atoms with Crippen LogP contribution in [0.5, 0.6) is 0 Å². The molecular formula is C22H27NO3S. The van der Waals surface area contributed by atoms with Crippen molar-refractivity contribution in [2.24, 2.45) is 17.8 Å². The van der Waals surface area contributed by atoms with Gasteiger partial charge in [-0.2, -0.15) is 0 Å². The molecule has 4 nitrogen and oxygen atoms in total. The highest BCUT2D eigenvalue weighted by Crippen LogP contribution is 2.49. The number of aryl methyl sites for hydroxylation is 1. The number of hydrogen-bond donors (Lipinski definition) is 0. The molecule has 2 aromatic rings. The number of thiophene rings is 1. The number of carbonyl (C=O) groups is 2. The van der Waals surface area contributed by atoms with E-state index in [-0.39, 0.29) is 18.4 Å². The topological polar surface area (TPSA) is 48.3 Å². The lowest BCUT2D eigenvalue weighted by atomic mass is 9.86. The smallest absolute Gasteiger partial charge is 0.306 e. The van der Waals surface area contributed by atoms with Gasteiger partial charge in [0.05, 0.1) is 6.54 Å². The van der Waals surface area contributed by atoms with Gasteiger partial charge in [0.1, 0.15) is 0 Å². The second-order valence-electron chi connectivity index (χ2n) is 8.17. The maximum atomic E-state index is 12.6. The number of Topliss-reactive ketones (excluding diaryl/α,β-unsaturated/α-hetero) is 1. The number of ketones is 1. The molecule has 2 bridgehead atoms. The summed E-state index contributed by atoms with van der Waals surface area (Å²) in [6.07, 6.45) is 5.52. The number of ether oxygens (including phenoxy) is 1. The van der Waals surface area contributed by atoms with E-state index in [1.54, 1.807) is 11.3 Å². The first-order chi connectivity index (χ1) is 13.0. The molecule has 0 spiro atoms. The number of aromatic nitrogens is 1. The van der Waals surface area contributed by atoms with Gasteiger partial charge in [-0.05, 0) is 68.4 Å². The van der Waals surface area contributed by atoms with Crippen molar-refractivity contribution >= 4 is 23.1 Å². The summed E-state index contributed by atoms with van der Waals surface area (Å²) < 4.78 is 7.49. The minimum atomic E-state index is -0.215. The predicted octanol–water partition coefficient (Wildman–Crippen LogP) is 4.77. The van der Waals surface area contributed by atoms with Crippen LogP contribution < -0.4 is 0 Å². The molecule has 4 rings (SSSR count). The number of hydrogen-bond acceptors (Lipinski definition) is 4. The first-order valence-electron chi connectivity index (χ1n) is 9.89. The van der Waals surface area contributed by atoms with Crippen molar-refractivity contribution in [3.8, 4) is 0 Å². The van der Waals surface area contributed by atoms with Crippen LogP contribution in [0.4, 0.5) is 0 Å². The minimum absolute atomic E-state index is 0.109. The van der Waals surface area contributed by atoms with Crippen molar-refractivity contribution in [2.75, 3.05) is 6.61 Å². The average Bonchev–Trinajstić information content (AvgIpc) is 3.42. The summed E-state index contributed by atoms with van der Waals surface area (Å²) in [5.41, 5.74) is 2.66. The molecule has 0 aromatic carbocycles. The van der Waals surface area contributed by atoms with Gasteiger partial charge in [-0.1, -0.05) is 12.5 Å². The molecule has 2 heterocycles. The van der Waals surface area contributed by atoms with Crippen molar-refractivity contribution in [3.63, 3.8) is 0 Å². The van der Waals surface area contributed by atoms with Crippen LogP contribution in [0.3, 0.4) is 0 Å². The summed E-state index contributed by atoms with van der Waals surface area (Å²) in [5.74, 6) is 1.68. The SMILES string of the molecule is Cc1cc(C(=O)COC(=O)C[C@@H]2C[C@@H]3CC[C@@H]2C3)c(C)n1Cc1cccs1. The van der Waals surface area contributed by atoms with Crippen molar-refractivity contribution in [1.29, 1.82) is 0 Å². The van der Waals surface area contributed by atoms with Crippen molar-refractivity contribution in [3.05, 3.63) is 45.4 Å². The van der Waals surface area contributed by atoms with Crippen molar-refractivity contribution < 1.29 is 14.3 Å². The Labute approximate surface area is 164 Å². The molecule has 2 fully saturated rings. The van der Waals surface area contributed by atoms with Crippen LogP contribution in [0.25, 0.3) is 0 Å². The lowest BCUT2D eigenvalue weighted by Crippen LogP contribution is -2.20. The molecule has 0 amide bonds. The molecule has 2 aliphatic rings. The molecule has 0 N–H and O–H groups in total. The Hall–Kier alpha value is -1.88. The Bertz CT molecular complexity index is 836. The van der Waals surface area contributed by atoms with Gasteiger partial charge >= 0.3 is 5.97 Å². The van der Waals surface area contributed by atoms with Crippen LogP contribution in [-0.4, -0.2) is 22.9 Å². The van der Waals surface area contributed by atoms with Gasteiger partial charge in [-0.25, -0.2) is 0 Å². The molecule has 0 aliphatic heterocycles. The molecule has 2 aliphatic carbocycles. The van der Waals surface area contributed by atoms with Crippen LogP contribution in [0, 0.1) is 31.6 Å². The van der Waals surface area contributed by atoms with E-state index in [0.29, 0.717) is 23.8 Å². The monoisotopic (exact) mass is 385 g/mol. The zero-order valence-electron chi connectivity index (χ0n) is 16.1. The molecular weight excluding hydrogens is 358 g/mol. The van der Waals surface area contributed by atoms with Crippen LogP contribution in [0.1, 0.15) is 58.7 Å². The summed E-state index contributed by atoms with van der Waals surface area (Å²) in [7, 11) is 0. The summed E-state index contributed by atoms with van der Waals surface area (Å²) >= 11 is 1.71. The van der Waals surface area contributed by atoms with E-state index in [0.717, 1.165) is 30.3 Å². The first kappa shape index (κ1) is 18.5. The molecule has 2 saturated carbocycles. The third-order valence-corrected chi connectivity index (χ3v) is 7.31. The fourth-order valence-electron chi connectivity index (χ4n) is 5.01. The standard InChI is InChI=1S/C22H27NO3S/c1-14-8-20(15(2)23(14)12-19-4-3-7-27-19)21(24)13-26-22(25)11-18-10-16-5-6-17(18)9-16/h3-4,7-8,16-18H,5-6,9-13H2,1-2H3/t16-,17-,18+/m1/s1. The Morgan fingerprint density at radius 3 is 2.78 bits per heavy atom. The van der Waals surface area contributed by atoms with Crippen LogP contribution in [0.15, 0.2) is 23.6 Å². The van der Waals surface area contributed by atoms with E-state index in [9.17, 15) is 9.59 Å². The van der Waals surface area contributed by atoms with Gasteiger partial charge in [-0.15, -0.1) is 11.3 Å². The van der Waals surface area contributed by atoms with E-state index in [2.05, 4.69) is 16.0 Å². The van der Waals surface area contributed by atoms with Gasteiger partial charge in [0.2, 0.25) is 5.78 Å². The molecule has 0 radical (unpaired) electrons. The Kier molecular flexibility index (Phi) is 5.22. The Morgan fingerprint density at radius 2 is 2.11 bits per heavy atom. The summed E-state index contributed by atoms with van der Waals surface area (Å²) in [5, 5.41) is 2.06. The zero-order chi connectivity index (χ0) is 19.0. The lowest BCUT2D eigenvalue weighted by Gasteiger charge is -2.20. The highest BCUT2D eigenvalue weighted by Gasteiger charge is 2.40. The molecule has 27 heavy (non-hydrogen) atoms. The summed E-state index contributed by atoms with van der Waals surface area (Å²) in [6.45, 7) is 4.60. The quantitative estimate of drug-likeness (QED) is 0.510. The lowest BCUT2D eigenvalue weighted by molar-refractivity contribution is -0.144. The Morgan fingerprint density at radius 1 is 1.26 bits per heavy atom. The first-order valence-corrected chi connectivity index (χ1v) is 10.8. The number of esters is 1. The number of nitrogens with zero attached hydrogens (tertiary/aromatic N) is 1.